The number of pyridine rings is 1. The monoisotopic (exact) mass is 410 g/mol. The van der Waals surface area contributed by atoms with Gasteiger partial charge in [0.15, 0.2) is 11.6 Å². The maximum Gasteiger partial charge on any atom is 0.263 e. The van der Waals surface area contributed by atoms with Crippen LogP contribution >= 0.6 is 0 Å². The summed E-state index contributed by atoms with van der Waals surface area (Å²) in [6, 6.07) is 5.73. The molecule has 3 rings (SSSR count). The second kappa shape index (κ2) is 8.09. The molecule has 2 aromatic rings. The van der Waals surface area contributed by atoms with Gasteiger partial charge < -0.3 is 9.80 Å². The molecule has 1 fully saturated rings. The summed E-state index contributed by atoms with van der Waals surface area (Å²) in [5.41, 5.74) is -0.0836. The molecule has 0 aliphatic carbocycles. The van der Waals surface area contributed by atoms with Crippen LogP contribution in [-0.2, 0) is 14.8 Å². The number of rotatable bonds is 5. The van der Waals surface area contributed by atoms with E-state index in [1.54, 1.807) is 11.0 Å². The first-order chi connectivity index (χ1) is 13.3. The first-order valence-corrected chi connectivity index (χ1v) is 10.2. The van der Waals surface area contributed by atoms with Gasteiger partial charge in [-0.05, 0) is 24.3 Å². The molecule has 0 radical (unpaired) electrons. The lowest BCUT2D eigenvalue weighted by Crippen LogP contribution is -2.48. The first kappa shape index (κ1) is 20.0. The van der Waals surface area contributed by atoms with Crippen LogP contribution in [0, 0.1) is 11.6 Å². The minimum atomic E-state index is -3.99. The Morgan fingerprint density at radius 3 is 2.39 bits per heavy atom. The Balaban J connectivity index is 1.68. The van der Waals surface area contributed by atoms with Crippen molar-refractivity contribution < 1.29 is 22.0 Å². The average molecular weight is 410 g/mol. The second-order valence-corrected chi connectivity index (χ2v) is 7.99. The van der Waals surface area contributed by atoms with Crippen molar-refractivity contribution in [1.82, 2.24) is 9.88 Å². The fourth-order valence-corrected chi connectivity index (χ4v) is 3.89. The van der Waals surface area contributed by atoms with E-state index in [1.807, 2.05) is 11.8 Å². The molecule has 1 aromatic heterocycles. The van der Waals surface area contributed by atoms with Crippen LogP contribution in [0.3, 0.4) is 0 Å². The number of nitrogens with zero attached hydrogens (tertiary/aromatic N) is 3. The summed E-state index contributed by atoms with van der Waals surface area (Å²) in [5.74, 6) is -1.49. The maximum atomic E-state index is 13.3. The lowest BCUT2D eigenvalue weighted by molar-refractivity contribution is -0.131. The minimum Gasteiger partial charge on any atom is -0.353 e. The van der Waals surface area contributed by atoms with E-state index in [0.29, 0.717) is 38.4 Å². The zero-order valence-corrected chi connectivity index (χ0v) is 16.0. The van der Waals surface area contributed by atoms with E-state index < -0.39 is 21.7 Å². The van der Waals surface area contributed by atoms with Crippen molar-refractivity contribution in [3.8, 4) is 0 Å². The van der Waals surface area contributed by atoms with Gasteiger partial charge in [0.25, 0.3) is 10.0 Å². The highest BCUT2D eigenvalue weighted by molar-refractivity contribution is 7.92. The van der Waals surface area contributed by atoms with E-state index in [2.05, 4.69) is 9.71 Å². The van der Waals surface area contributed by atoms with E-state index in [-0.39, 0.29) is 16.5 Å². The average Bonchev–Trinajstić information content (AvgIpc) is 2.70. The third-order valence-corrected chi connectivity index (χ3v) is 5.83. The number of halogens is 2. The SMILES string of the molecule is CCC(=O)N1CCN(c2ccc(S(=O)(=O)Nc3ccc(F)c(F)c3)cn2)CC1. The Morgan fingerprint density at radius 1 is 1.11 bits per heavy atom. The number of aromatic nitrogens is 1. The van der Waals surface area contributed by atoms with Crippen molar-refractivity contribution >= 4 is 27.4 Å². The second-order valence-electron chi connectivity index (χ2n) is 6.31. The van der Waals surface area contributed by atoms with Crippen LogP contribution in [0.1, 0.15) is 13.3 Å². The van der Waals surface area contributed by atoms with Crippen molar-refractivity contribution in [3.63, 3.8) is 0 Å². The van der Waals surface area contributed by atoms with Crippen LogP contribution in [-0.4, -0.2) is 50.4 Å². The van der Waals surface area contributed by atoms with Gasteiger partial charge in [0.05, 0.1) is 5.69 Å². The molecule has 2 heterocycles. The summed E-state index contributed by atoms with van der Waals surface area (Å²) in [6.45, 7) is 4.22. The van der Waals surface area contributed by atoms with Crippen LogP contribution in [0.5, 0.6) is 0 Å². The Morgan fingerprint density at radius 2 is 1.82 bits per heavy atom. The van der Waals surface area contributed by atoms with Crippen LogP contribution in [0.15, 0.2) is 41.4 Å². The lowest BCUT2D eigenvalue weighted by atomic mass is 10.3. The third kappa shape index (κ3) is 4.38. The highest BCUT2D eigenvalue weighted by atomic mass is 32.2. The molecule has 0 bridgehead atoms. The van der Waals surface area contributed by atoms with Gasteiger partial charge in [-0.2, -0.15) is 0 Å². The van der Waals surface area contributed by atoms with Gasteiger partial charge in [0.2, 0.25) is 5.91 Å². The smallest absolute Gasteiger partial charge is 0.263 e. The summed E-state index contributed by atoms with van der Waals surface area (Å²) < 4.78 is 53.3. The summed E-state index contributed by atoms with van der Waals surface area (Å²) in [5, 5.41) is 0. The van der Waals surface area contributed by atoms with Gasteiger partial charge in [-0.15, -0.1) is 0 Å². The molecular formula is C18H20F2N4O3S. The molecule has 1 N–H and O–H groups in total. The molecule has 0 atom stereocenters. The van der Waals surface area contributed by atoms with E-state index in [9.17, 15) is 22.0 Å². The number of nitrogens with one attached hydrogen (secondary N) is 1. The number of hydrogen-bond acceptors (Lipinski definition) is 5. The molecular weight excluding hydrogens is 390 g/mol. The van der Waals surface area contributed by atoms with Crippen LogP contribution in [0.25, 0.3) is 0 Å². The topological polar surface area (TPSA) is 82.6 Å². The minimum absolute atomic E-state index is 0.0836. The van der Waals surface area contributed by atoms with Gasteiger partial charge in [0, 0.05) is 44.9 Å². The molecule has 1 aromatic carbocycles. The number of piperazine rings is 1. The first-order valence-electron chi connectivity index (χ1n) is 8.77. The van der Waals surface area contributed by atoms with Gasteiger partial charge in [-0.3, -0.25) is 9.52 Å². The van der Waals surface area contributed by atoms with Gasteiger partial charge >= 0.3 is 0 Å². The lowest BCUT2D eigenvalue weighted by Gasteiger charge is -2.35. The molecule has 28 heavy (non-hydrogen) atoms. The molecule has 1 aliphatic rings. The van der Waals surface area contributed by atoms with Crippen molar-refractivity contribution in [1.29, 1.82) is 0 Å². The number of carbonyl (C=O) groups is 1. The van der Waals surface area contributed by atoms with E-state index in [1.165, 1.54) is 12.3 Å². The zero-order valence-electron chi connectivity index (χ0n) is 15.2. The molecule has 0 saturated carbocycles. The fraction of sp³-hybridized carbons (Fsp3) is 0.333. The van der Waals surface area contributed by atoms with Crippen molar-refractivity contribution in [2.45, 2.75) is 18.2 Å². The van der Waals surface area contributed by atoms with Crippen molar-refractivity contribution in [2.75, 3.05) is 35.8 Å². The maximum absolute atomic E-state index is 13.3. The molecule has 1 aliphatic heterocycles. The molecule has 10 heteroatoms. The largest absolute Gasteiger partial charge is 0.353 e. The molecule has 7 nitrogen and oxygen atoms in total. The normalized spacial score (nSPS) is 14.8. The summed E-state index contributed by atoms with van der Waals surface area (Å²) in [6.07, 6.45) is 1.68. The number of sulfonamides is 1. The van der Waals surface area contributed by atoms with E-state index in [4.69, 9.17) is 0 Å². The number of anilines is 2. The summed E-state index contributed by atoms with van der Waals surface area (Å²) in [7, 11) is -3.99. The van der Waals surface area contributed by atoms with Gasteiger partial charge in [-0.1, -0.05) is 6.92 Å². The standard InChI is InChI=1S/C18H20F2N4O3S/c1-2-18(25)24-9-7-23(8-10-24)17-6-4-14(12-21-17)28(26,27)22-13-3-5-15(19)16(20)11-13/h3-6,11-12,22H,2,7-10H2,1H3. The fourth-order valence-electron chi connectivity index (χ4n) is 2.90. The Labute approximate surface area is 162 Å². The number of benzene rings is 1. The van der Waals surface area contributed by atoms with Gasteiger partial charge in [0.1, 0.15) is 10.7 Å². The Bertz CT molecular complexity index is 959. The Hall–Kier alpha value is -2.75. The summed E-state index contributed by atoms with van der Waals surface area (Å²) in [4.78, 5) is 19.6. The zero-order chi connectivity index (χ0) is 20.3. The van der Waals surface area contributed by atoms with Crippen LogP contribution in [0.4, 0.5) is 20.3 Å². The van der Waals surface area contributed by atoms with Crippen LogP contribution < -0.4 is 9.62 Å². The predicted octanol–water partition coefficient (Wildman–Crippen LogP) is 2.22. The number of carbonyl (C=O) groups excluding carboxylic acids is 1. The third-order valence-electron chi connectivity index (χ3n) is 4.46. The molecule has 1 amide bonds. The molecule has 1 saturated heterocycles. The highest BCUT2D eigenvalue weighted by Crippen LogP contribution is 2.20. The van der Waals surface area contributed by atoms with Crippen molar-refractivity contribution in [2.24, 2.45) is 0 Å². The van der Waals surface area contributed by atoms with E-state index >= 15 is 0 Å². The molecule has 0 unspecified atom stereocenters. The number of amides is 1. The summed E-state index contributed by atoms with van der Waals surface area (Å²) >= 11 is 0. The quantitative estimate of drug-likeness (QED) is 0.817. The Kier molecular flexibility index (Phi) is 5.78. The number of hydrogen-bond donors (Lipinski definition) is 1. The molecule has 0 spiro atoms. The molecule has 150 valence electrons. The van der Waals surface area contributed by atoms with Gasteiger partial charge in [-0.25, -0.2) is 22.2 Å². The van der Waals surface area contributed by atoms with Crippen LogP contribution in [0.2, 0.25) is 0 Å². The predicted molar refractivity (Wildman–Crippen MR) is 100 cm³/mol. The van der Waals surface area contributed by atoms with E-state index in [0.717, 1.165) is 18.2 Å². The highest BCUT2D eigenvalue weighted by Gasteiger charge is 2.22. The van der Waals surface area contributed by atoms with Crippen molar-refractivity contribution in [3.05, 3.63) is 48.2 Å².